The van der Waals surface area contributed by atoms with Gasteiger partial charge in [-0.05, 0) is 45.4 Å². The van der Waals surface area contributed by atoms with Gasteiger partial charge in [-0.25, -0.2) is 4.79 Å². The maximum absolute atomic E-state index is 12.1. The number of fused-ring (bicyclic) bond motifs is 1. The molecule has 1 atom stereocenters. The molecule has 1 aliphatic rings. The van der Waals surface area contributed by atoms with Crippen LogP contribution in [0.15, 0.2) is 18.2 Å². The van der Waals surface area contributed by atoms with Crippen LogP contribution in [0.25, 0.3) is 10.9 Å². The van der Waals surface area contributed by atoms with Crippen LogP contribution < -0.4 is 10.5 Å². The fraction of sp³-hybridized carbons (Fsp3) is 0.474. The second-order valence-corrected chi connectivity index (χ2v) is 6.78. The molecule has 7 nitrogen and oxygen atoms in total. The Hall–Kier alpha value is -2.54. The molecular formula is C19H25N3O4. The minimum atomic E-state index is -0.677. The minimum absolute atomic E-state index is 0.0818. The van der Waals surface area contributed by atoms with Crippen molar-refractivity contribution in [2.24, 2.45) is 5.73 Å². The van der Waals surface area contributed by atoms with Crippen molar-refractivity contribution < 1.29 is 19.1 Å². The van der Waals surface area contributed by atoms with Crippen molar-refractivity contribution in [1.29, 1.82) is 0 Å². The Morgan fingerprint density at radius 3 is 2.77 bits per heavy atom. The van der Waals surface area contributed by atoms with Gasteiger partial charge >= 0.3 is 5.97 Å². The van der Waals surface area contributed by atoms with E-state index in [-0.39, 0.29) is 24.0 Å². The smallest absolute Gasteiger partial charge is 0.355 e. The number of nitrogens with two attached hydrogens (primary N) is 1. The first kappa shape index (κ1) is 18.3. The third-order valence-electron chi connectivity index (χ3n) is 4.71. The Bertz CT molecular complexity index is 828. The number of esters is 1. The predicted molar refractivity (Wildman–Crippen MR) is 98.5 cm³/mol. The van der Waals surface area contributed by atoms with E-state index in [1.807, 2.05) is 6.07 Å². The molecular weight excluding hydrogens is 334 g/mol. The van der Waals surface area contributed by atoms with E-state index in [1.165, 1.54) is 0 Å². The van der Waals surface area contributed by atoms with Crippen LogP contribution in [0.2, 0.25) is 0 Å². The van der Waals surface area contributed by atoms with E-state index in [9.17, 15) is 9.59 Å². The summed E-state index contributed by atoms with van der Waals surface area (Å²) in [5.74, 6) is -0.614. The number of rotatable bonds is 6. The second-order valence-electron chi connectivity index (χ2n) is 6.78. The fourth-order valence-corrected chi connectivity index (χ4v) is 3.37. The summed E-state index contributed by atoms with van der Waals surface area (Å²) in [7, 11) is 0. The van der Waals surface area contributed by atoms with Crippen LogP contribution >= 0.6 is 0 Å². The molecule has 2 heterocycles. The summed E-state index contributed by atoms with van der Waals surface area (Å²) in [6.07, 6.45) is 1.07. The predicted octanol–water partition coefficient (Wildman–Crippen LogP) is 2.31. The zero-order valence-electron chi connectivity index (χ0n) is 15.4. The van der Waals surface area contributed by atoms with Crippen molar-refractivity contribution in [3.05, 3.63) is 29.5 Å². The number of H-pyrrole nitrogens is 1. The van der Waals surface area contributed by atoms with Gasteiger partial charge in [0.2, 0.25) is 0 Å². The Kier molecular flexibility index (Phi) is 5.18. The molecule has 0 spiro atoms. The maximum atomic E-state index is 12.1. The third-order valence-corrected chi connectivity index (χ3v) is 4.71. The normalized spacial score (nSPS) is 17.8. The summed E-state index contributed by atoms with van der Waals surface area (Å²) in [5, 5.41) is 0.566. The van der Waals surface area contributed by atoms with E-state index in [4.69, 9.17) is 15.2 Å². The van der Waals surface area contributed by atoms with Gasteiger partial charge in [-0.15, -0.1) is 0 Å². The highest BCUT2D eigenvalue weighted by atomic mass is 16.5. The molecule has 1 aliphatic heterocycles. The number of ether oxygens (including phenoxy) is 2. The van der Waals surface area contributed by atoms with Crippen LogP contribution in [0.4, 0.5) is 0 Å². The molecule has 0 aliphatic carbocycles. The standard InChI is InChI=1S/C19H25N3O4/c1-4-25-19(24)17-16(18(20)23)14-9-12(5-6-15(14)21-17)26-13-7-8-22(10-13)11(2)3/h5-6,9,11,13,21H,4,7-8,10H2,1-3H3,(H2,20,23). The third kappa shape index (κ3) is 3.53. The first-order valence-electron chi connectivity index (χ1n) is 8.94. The van der Waals surface area contributed by atoms with Crippen molar-refractivity contribution in [3.8, 4) is 5.75 Å². The van der Waals surface area contributed by atoms with Crippen LogP contribution in [-0.2, 0) is 4.74 Å². The molecule has 1 aromatic carbocycles. The first-order valence-corrected chi connectivity index (χ1v) is 8.94. The SMILES string of the molecule is CCOC(=O)c1[nH]c2ccc(OC3CCN(C(C)C)C3)cc2c1C(N)=O. The molecule has 0 saturated carbocycles. The summed E-state index contributed by atoms with van der Waals surface area (Å²) < 4.78 is 11.1. The van der Waals surface area contributed by atoms with E-state index in [0.717, 1.165) is 19.5 Å². The summed E-state index contributed by atoms with van der Waals surface area (Å²) in [4.78, 5) is 29.3. The number of primary amides is 1. The van der Waals surface area contributed by atoms with Crippen LogP contribution in [0.5, 0.6) is 5.75 Å². The number of aromatic nitrogens is 1. The number of aromatic amines is 1. The van der Waals surface area contributed by atoms with Gasteiger partial charge in [-0.1, -0.05) is 0 Å². The number of amides is 1. The van der Waals surface area contributed by atoms with E-state index in [2.05, 4.69) is 23.7 Å². The fourth-order valence-electron chi connectivity index (χ4n) is 3.37. The van der Waals surface area contributed by atoms with Crippen LogP contribution in [0.1, 0.15) is 48.0 Å². The number of nitrogens with one attached hydrogen (secondary N) is 1. The molecule has 1 unspecified atom stereocenters. The Balaban J connectivity index is 1.89. The molecule has 7 heteroatoms. The quantitative estimate of drug-likeness (QED) is 0.771. The van der Waals surface area contributed by atoms with E-state index >= 15 is 0 Å². The Labute approximate surface area is 152 Å². The van der Waals surface area contributed by atoms with Gasteiger partial charge in [0.1, 0.15) is 17.5 Å². The van der Waals surface area contributed by atoms with E-state index in [1.54, 1.807) is 19.1 Å². The lowest BCUT2D eigenvalue weighted by Crippen LogP contribution is -2.30. The number of carbonyl (C=O) groups excluding carboxylic acids is 2. The number of likely N-dealkylation sites (tertiary alicyclic amines) is 1. The number of carbonyl (C=O) groups is 2. The molecule has 1 aromatic heterocycles. The van der Waals surface area contributed by atoms with Gasteiger partial charge in [0.05, 0.1) is 12.2 Å². The largest absolute Gasteiger partial charge is 0.489 e. The van der Waals surface area contributed by atoms with E-state index in [0.29, 0.717) is 22.7 Å². The molecule has 1 saturated heterocycles. The monoisotopic (exact) mass is 359 g/mol. The van der Waals surface area contributed by atoms with Gasteiger partial charge in [-0.2, -0.15) is 0 Å². The topological polar surface area (TPSA) is 97.7 Å². The second kappa shape index (κ2) is 7.37. The van der Waals surface area contributed by atoms with Gasteiger partial charge in [-0.3, -0.25) is 9.69 Å². The van der Waals surface area contributed by atoms with Crippen molar-refractivity contribution in [1.82, 2.24) is 9.88 Å². The van der Waals surface area contributed by atoms with Gasteiger partial charge in [0.15, 0.2) is 0 Å². The van der Waals surface area contributed by atoms with E-state index < -0.39 is 11.9 Å². The van der Waals surface area contributed by atoms with Gasteiger partial charge in [0.25, 0.3) is 5.91 Å². The first-order chi connectivity index (χ1) is 12.4. The number of hydrogen-bond donors (Lipinski definition) is 2. The zero-order chi connectivity index (χ0) is 18.8. The molecule has 3 rings (SSSR count). The average molecular weight is 359 g/mol. The molecule has 0 radical (unpaired) electrons. The number of benzene rings is 1. The number of nitrogens with zero attached hydrogens (tertiary/aromatic N) is 1. The Morgan fingerprint density at radius 2 is 2.15 bits per heavy atom. The van der Waals surface area contributed by atoms with Gasteiger partial charge in [0, 0.05) is 30.0 Å². The number of hydrogen-bond acceptors (Lipinski definition) is 5. The highest BCUT2D eigenvalue weighted by Gasteiger charge is 2.27. The molecule has 0 bridgehead atoms. The highest BCUT2D eigenvalue weighted by Crippen LogP contribution is 2.28. The van der Waals surface area contributed by atoms with Crippen LogP contribution in [0.3, 0.4) is 0 Å². The van der Waals surface area contributed by atoms with Crippen molar-refractivity contribution >= 4 is 22.8 Å². The molecule has 140 valence electrons. The zero-order valence-corrected chi connectivity index (χ0v) is 15.4. The lowest BCUT2D eigenvalue weighted by Gasteiger charge is -2.20. The minimum Gasteiger partial charge on any atom is -0.489 e. The summed E-state index contributed by atoms with van der Waals surface area (Å²) in [5.41, 5.74) is 6.37. The van der Waals surface area contributed by atoms with Crippen molar-refractivity contribution in [2.45, 2.75) is 39.3 Å². The van der Waals surface area contributed by atoms with Crippen LogP contribution in [-0.4, -0.2) is 53.6 Å². The van der Waals surface area contributed by atoms with Gasteiger partial charge < -0.3 is 20.2 Å². The lowest BCUT2D eigenvalue weighted by atomic mass is 10.1. The molecule has 2 aromatic rings. The van der Waals surface area contributed by atoms with Crippen molar-refractivity contribution in [2.75, 3.05) is 19.7 Å². The van der Waals surface area contributed by atoms with Crippen LogP contribution in [0, 0.1) is 0 Å². The Morgan fingerprint density at radius 1 is 1.38 bits per heavy atom. The van der Waals surface area contributed by atoms with Crippen molar-refractivity contribution in [3.63, 3.8) is 0 Å². The molecule has 26 heavy (non-hydrogen) atoms. The average Bonchev–Trinajstić information content (AvgIpc) is 3.19. The summed E-state index contributed by atoms with van der Waals surface area (Å²) in [6.45, 7) is 8.15. The summed E-state index contributed by atoms with van der Waals surface area (Å²) in [6, 6.07) is 5.86. The lowest BCUT2D eigenvalue weighted by molar-refractivity contribution is 0.0517. The molecule has 1 amide bonds. The maximum Gasteiger partial charge on any atom is 0.355 e. The highest BCUT2D eigenvalue weighted by molar-refractivity contribution is 6.14. The summed E-state index contributed by atoms with van der Waals surface area (Å²) >= 11 is 0. The molecule has 3 N–H and O–H groups in total. The molecule has 1 fully saturated rings.